The molecule has 0 aromatic heterocycles. The third-order valence-electron chi connectivity index (χ3n) is 7.39. The van der Waals surface area contributed by atoms with Crippen molar-refractivity contribution in [2.75, 3.05) is 26.2 Å². The maximum absolute atomic E-state index is 12.7. The number of likely N-dealkylation sites (tertiary alicyclic amines) is 1. The van der Waals surface area contributed by atoms with Crippen molar-refractivity contribution in [1.82, 2.24) is 9.80 Å². The Balaban J connectivity index is 1.61. The van der Waals surface area contributed by atoms with E-state index in [4.69, 9.17) is 5.73 Å². The largest absolute Gasteiger partial charge is 0.508 e. The Kier molecular flexibility index (Phi) is 7.40. The average molecular weight is 416 g/mol. The van der Waals surface area contributed by atoms with Crippen molar-refractivity contribution in [3.8, 4) is 5.75 Å². The molecule has 2 amide bonds. The van der Waals surface area contributed by atoms with Crippen LogP contribution in [0.2, 0.25) is 0 Å². The van der Waals surface area contributed by atoms with Crippen LogP contribution in [0, 0.1) is 5.92 Å². The van der Waals surface area contributed by atoms with E-state index in [2.05, 4.69) is 24.8 Å². The highest BCUT2D eigenvalue weighted by molar-refractivity contribution is 5.96. The van der Waals surface area contributed by atoms with E-state index in [1.165, 1.54) is 12.0 Å². The predicted molar refractivity (Wildman–Crippen MR) is 118 cm³/mol. The van der Waals surface area contributed by atoms with Crippen LogP contribution in [0.3, 0.4) is 0 Å². The van der Waals surface area contributed by atoms with Gasteiger partial charge in [-0.15, -0.1) is 0 Å². The van der Waals surface area contributed by atoms with Gasteiger partial charge in [0.1, 0.15) is 12.2 Å². The van der Waals surface area contributed by atoms with E-state index in [9.17, 15) is 14.7 Å². The summed E-state index contributed by atoms with van der Waals surface area (Å²) in [5.41, 5.74) is 6.52. The molecule has 30 heavy (non-hydrogen) atoms. The average Bonchev–Trinajstić information content (AvgIpc) is 2.71. The maximum Gasteiger partial charge on any atom is 0.232 e. The summed E-state index contributed by atoms with van der Waals surface area (Å²) >= 11 is 0. The molecule has 6 nitrogen and oxygen atoms in total. The number of nitrogens with zero attached hydrogens (tertiary/aromatic N) is 2. The number of rotatable bonds is 7. The molecule has 0 radical (unpaired) electrons. The summed E-state index contributed by atoms with van der Waals surface area (Å²) in [6, 6.07) is 7.88. The Morgan fingerprint density at radius 2 is 2.00 bits per heavy atom. The number of benzene rings is 1. The van der Waals surface area contributed by atoms with Crippen LogP contribution in [-0.2, 0) is 15.0 Å². The summed E-state index contributed by atoms with van der Waals surface area (Å²) in [5, 5.41) is 9.90. The Morgan fingerprint density at radius 1 is 1.27 bits per heavy atom. The molecule has 0 bridgehead atoms. The highest BCUT2D eigenvalue weighted by Crippen LogP contribution is 2.40. The topological polar surface area (TPSA) is 86.9 Å². The second-order valence-electron chi connectivity index (χ2n) is 9.44. The molecule has 1 aliphatic carbocycles. The fourth-order valence-electron chi connectivity index (χ4n) is 5.21. The van der Waals surface area contributed by atoms with E-state index in [1.54, 1.807) is 6.07 Å². The fourth-order valence-corrected chi connectivity index (χ4v) is 5.21. The zero-order valence-corrected chi connectivity index (χ0v) is 18.5. The Bertz CT molecular complexity index is 747. The SMILES string of the molecule is CC1CN(CCN(C(=O)CC(N)=O)C2CCCCC2)CCC1(C)c1cccc(O)c1. The molecule has 2 fully saturated rings. The van der Waals surface area contributed by atoms with Gasteiger partial charge in [-0.3, -0.25) is 9.59 Å². The quantitative estimate of drug-likeness (QED) is 0.670. The van der Waals surface area contributed by atoms with Crippen LogP contribution in [0.1, 0.15) is 64.4 Å². The molecule has 1 aromatic carbocycles. The summed E-state index contributed by atoms with van der Waals surface area (Å²) in [6.07, 6.45) is 6.39. The third-order valence-corrected chi connectivity index (χ3v) is 7.39. The molecule has 2 atom stereocenters. The Hall–Kier alpha value is -2.08. The highest BCUT2D eigenvalue weighted by Gasteiger charge is 2.38. The summed E-state index contributed by atoms with van der Waals surface area (Å²) in [4.78, 5) is 28.4. The molecule has 3 rings (SSSR count). The number of amides is 2. The standard InChI is InChI=1S/C24H37N3O3/c1-18-17-26(12-11-24(18,2)19-7-6-10-21(28)15-19)13-14-27(23(30)16-22(25)29)20-8-4-3-5-9-20/h6-7,10,15,18,20,28H,3-5,8-9,11-14,16-17H2,1-2H3,(H2,25,29). The molecule has 6 heteroatoms. The minimum absolute atomic E-state index is 0.0279. The van der Waals surface area contributed by atoms with Crippen molar-refractivity contribution in [3.63, 3.8) is 0 Å². The zero-order chi connectivity index (χ0) is 21.7. The second kappa shape index (κ2) is 9.82. The van der Waals surface area contributed by atoms with Crippen LogP contribution in [0.5, 0.6) is 5.75 Å². The number of hydrogen-bond acceptors (Lipinski definition) is 4. The van der Waals surface area contributed by atoms with E-state index in [0.717, 1.165) is 51.7 Å². The van der Waals surface area contributed by atoms with E-state index < -0.39 is 5.91 Å². The number of primary amides is 1. The van der Waals surface area contributed by atoms with Crippen LogP contribution in [-0.4, -0.2) is 58.9 Å². The van der Waals surface area contributed by atoms with Gasteiger partial charge in [0.05, 0.1) is 0 Å². The number of piperidine rings is 1. The summed E-state index contributed by atoms with van der Waals surface area (Å²) < 4.78 is 0. The van der Waals surface area contributed by atoms with Crippen LogP contribution < -0.4 is 5.73 Å². The molecule has 0 spiro atoms. The molecule has 1 aliphatic heterocycles. The monoisotopic (exact) mass is 415 g/mol. The van der Waals surface area contributed by atoms with Gasteiger partial charge in [0.2, 0.25) is 11.8 Å². The molecule has 166 valence electrons. The third kappa shape index (κ3) is 5.34. The van der Waals surface area contributed by atoms with Crippen molar-refractivity contribution in [2.45, 2.75) is 70.3 Å². The van der Waals surface area contributed by atoms with Crippen LogP contribution in [0.25, 0.3) is 0 Å². The minimum atomic E-state index is -0.547. The van der Waals surface area contributed by atoms with Crippen LogP contribution in [0.4, 0.5) is 0 Å². The van der Waals surface area contributed by atoms with E-state index in [-0.39, 0.29) is 23.8 Å². The lowest BCUT2D eigenvalue weighted by molar-refractivity contribution is -0.137. The van der Waals surface area contributed by atoms with E-state index in [1.807, 2.05) is 17.0 Å². The van der Waals surface area contributed by atoms with Gasteiger partial charge in [0, 0.05) is 25.7 Å². The molecular weight excluding hydrogens is 378 g/mol. The van der Waals surface area contributed by atoms with Gasteiger partial charge in [-0.25, -0.2) is 0 Å². The fraction of sp³-hybridized carbons (Fsp3) is 0.667. The van der Waals surface area contributed by atoms with Gasteiger partial charge in [-0.1, -0.05) is 45.2 Å². The first-order valence-corrected chi connectivity index (χ1v) is 11.4. The molecule has 2 unspecified atom stereocenters. The maximum atomic E-state index is 12.7. The number of hydrogen-bond donors (Lipinski definition) is 2. The van der Waals surface area contributed by atoms with Gasteiger partial charge in [-0.05, 0) is 54.8 Å². The molecule has 1 heterocycles. The highest BCUT2D eigenvalue weighted by atomic mass is 16.3. The van der Waals surface area contributed by atoms with Gasteiger partial charge in [0.15, 0.2) is 0 Å². The van der Waals surface area contributed by atoms with E-state index >= 15 is 0 Å². The predicted octanol–water partition coefficient (Wildman–Crippen LogP) is 3.03. The lowest BCUT2D eigenvalue weighted by Gasteiger charge is -2.46. The normalized spacial score (nSPS) is 25.7. The molecule has 1 saturated heterocycles. The number of nitrogens with two attached hydrogens (primary N) is 1. The van der Waals surface area contributed by atoms with Gasteiger partial charge in [0.25, 0.3) is 0 Å². The molecule has 1 saturated carbocycles. The summed E-state index contributed by atoms with van der Waals surface area (Å²) in [7, 11) is 0. The van der Waals surface area contributed by atoms with Gasteiger partial charge in [-0.2, -0.15) is 0 Å². The molecule has 2 aliphatic rings. The Labute approximate surface area is 180 Å². The second-order valence-corrected chi connectivity index (χ2v) is 9.44. The van der Waals surface area contributed by atoms with Crippen molar-refractivity contribution in [2.24, 2.45) is 11.7 Å². The molecule has 3 N–H and O–H groups in total. The number of aromatic hydroxyl groups is 1. The number of phenols is 1. The number of carbonyl (C=O) groups excluding carboxylic acids is 2. The minimum Gasteiger partial charge on any atom is -0.508 e. The molecule has 1 aromatic rings. The number of carbonyl (C=O) groups is 2. The summed E-state index contributed by atoms with van der Waals surface area (Å²) in [5.74, 6) is 0.0790. The first kappa shape index (κ1) is 22.6. The van der Waals surface area contributed by atoms with E-state index in [0.29, 0.717) is 18.2 Å². The Morgan fingerprint density at radius 3 is 2.63 bits per heavy atom. The summed E-state index contributed by atoms with van der Waals surface area (Å²) in [6.45, 7) is 7.95. The first-order chi connectivity index (χ1) is 14.3. The van der Waals surface area contributed by atoms with Crippen molar-refractivity contribution in [3.05, 3.63) is 29.8 Å². The smallest absolute Gasteiger partial charge is 0.232 e. The van der Waals surface area contributed by atoms with Crippen molar-refractivity contribution >= 4 is 11.8 Å². The van der Waals surface area contributed by atoms with Gasteiger partial charge >= 0.3 is 0 Å². The van der Waals surface area contributed by atoms with Crippen molar-refractivity contribution in [1.29, 1.82) is 0 Å². The number of phenolic OH excluding ortho intramolecular Hbond substituents is 1. The van der Waals surface area contributed by atoms with Crippen LogP contribution >= 0.6 is 0 Å². The first-order valence-electron chi connectivity index (χ1n) is 11.4. The lowest BCUT2D eigenvalue weighted by atomic mass is 9.68. The lowest BCUT2D eigenvalue weighted by Crippen LogP contribution is -2.51. The zero-order valence-electron chi connectivity index (χ0n) is 18.5. The van der Waals surface area contributed by atoms with Gasteiger partial charge < -0.3 is 20.6 Å². The molecular formula is C24H37N3O3. The van der Waals surface area contributed by atoms with Crippen molar-refractivity contribution < 1.29 is 14.7 Å². The van der Waals surface area contributed by atoms with Crippen LogP contribution in [0.15, 0.2) is 24.3 Å².